The van der Waals surface area contributed by atoms with Gasteiger partial charge in [-0.25, -0.2) is 9.18 Å². The van der Waals surface area contributed by atoms with E-state index in [1.165, 1.54) is 29.3 Å². The Morgan fingerprint density at radius 3 is 2.81 bits per heavy atom. The number of fused-ring (bicyclic) bond motifs is 1. The van der Waals surface area contributed by atoms with Gasteiger partial charge in [0.2, 0.25) is 0 Å². The first-order valence-electron chi connectivity index (χ1n) is 8.42. The standard InChI is InChI=1S/C20H17FN2O3/c21-14-6-4-13(5-7-14)18-12-15(24)8-10-23(18)20(25)22-17-2-1-3-19-16(17)9-11-26-19/h1-8,10,18H,9,11-12H2,(H,22,25)/t18-/m0/s1. The molecule has 6 heteroatoms. The number of rotatable bonds is 2. The molecular formula is C20H17FN2O3. The number of carbonyl (C=O) groups excluding carboxylic acids is 2. The van der Waals surface area contributed by atoms with Crippen LogP contribution in [-0.2, 0) is 11.2 Å². The van der Waals surface area contributed by atoms with Gasteiger partial charge in [-0.3, -0.25) is 9.69 Å². The smallest absolute Gasteiger partial charge is 0.326 e. The number of ketones is 1. The van der Waals surface area contributed by atoms with Crippen molar-refractivity contribution in [3.05, 3.63) is 71.7 Å². The normalized spacial score (nSPS) is 18.4. The number of hydrogen-bond acceptors (Lipinski definition) is 3. The van der Waals surface area contributed by atoms with Gasteiger partial charge in [-0.2, -0.15) is 0 Å². The van der Waals surface area contributed by atoms with E-state index in [0.29, 0.717) is 17.9 Å². The van der Waals surface area contributed by atoms with Crippen molar-refractivity contribution in [3.63, 3.8) is 0 Å². The van der Waals surface area contributed by atoms with E-state index in [4.69, 9.17) is 4.74 Å². The molecule has 4 rings (SSSR count). The summed E-state index contributed by atoms with van der Waals surface area (Å²) in [6.07, 6.45) is 3.76. The Bertz CT molecular complexity index is 892. The molecule has 2 aliphatic heterocycles. The number of nitrogens with one attached hydrogen (secondary N) is 1. The number of carbonyl (C=O) groups is 2. The number of amides is 2. The van der Waals surface area contributed by atoms with E-state index in [0.717, 1.165) is 17.7 Å². The van der Waals surface area contributed by atoms with Gasteiger partial charge < -0.3 is 10.1 Å². The van der Waals surface area contributed by atoms with E-state index in [2.05, 4.69) is 5.32 Å². The van der Waals surface area contributed by atoms with Crippen molar-refractivity contribution in [1.29, 1.82) is 0 Å². The zero-order valence-electron chi connectivity index (χ0n) is 13.9. The van der Waals surface area contributed by atoms with Gasteiger partial charge in [-0.1, -0.05) is 18.2 Å². The Labute approximate surface area is 150 Å². The lowest BCUT2D eigenvalue weighted by atomic mass is 9.97. The third-order valence-corrected chi connectivity index (χ3v) is 4.62. The highest BCUT2D eigenvalue weighted by molar-refractivity contribution is 5.96. The lowest BCUT2D eigenvalue weighted by Crippen LogP contribution is -2.37. The van der Waals surface area contributed by atoms with Crippen LogP contribution in [0.15, 0.2) is 54.7 Å². The predicted octanol–water partition coefficient (Wildman–Crippen LogP) is 3.82. The largest absolute Gasteiger partial charge is 0.493 e. The number of anilines is 1. The number of nitrogens with zero attached hydrogens (tertiary/aromatic N) is 1. The zero-order chi connectivity index (χ0) is 18.1. The van der Waals surface area contributed by atoms with E-state index in [1.54, 1.807) is 12.1 Å². The summed E-state index contributed by atoms with van der Waals surface area (Å²) in [6, 6.07) is 10.6. The summed E-state index contributed by atoms with van der Waals surface area (Å²) >= 11 is 0. The summed E-state index contributed by atoms with van der Waals surface area (Å²) in [4.78, 5) is 26.2. The molecule has 0 fully saturated rings. The van der Waals surface area contributed by atoms with Crippen molar-refractivity contribution >= 4 is 17.5 Å². The highest BCUT2D eigenvalue weighted by atomic mass is 19.1. The average molecular weight is 352 g/mol. The Kier molecular flexibility index (Phi) is 4.16. The fraction of sp³-hybridized carbons (Fsp3) is 0.200. The van der Waals surface area contributed by atoms with Gasteiger partial charge in [0.15, 0.2) is 5.78 Å². The van der Waals surface area contributed by atoms with Crippen molar-refractivity contribution in [1.82, 2.24) is 4.90 Å². The molecule has 2 heterocycles. The van der Waals surface area contributed by atoms with Crippen LogP contribution in [0, 0.1) is 5.82 Å². The molecule has 0 bridgehead atoms. The summed E-state index contributed by atoms with van der Waals surface area (Å²) in [7, 11) is 0. The Morgan fingerprint density at radius 1 is 1.19 bits per heavy atom. The van der Waals surface area contributed by atoms with E-state index in [-0.39, 0.29) is 24.1 Å². The predicted molar refractivity (Wildman–Crippen MR) is 94.4 cm³/mol. The molecule has 2 aromatic carbocycles. The van der Waals surface area contributed by atoms with Crippen LogP contribution in [-0.4, -0.2) is 23.3 Å². The van der Waals surface area contributed by atoms with Gasteiger partial charge in [0, 0.05) is 30.3 Å². The Morgan fingerprint density at radius 2 is 2.00 bits per heavy atom. The minimum absolute atomic E-state index is 0.0719. The van der Waals surface area contributed by atoms with Crippen LogP contribution in [0.1, 0.15) is 23.6 Å². The van der Waals surface area contributed by atoms with Crippen LogP contribution >= 0.6 is 0 Å². The summed E-state index contributed by atoms with van der Waals surface area (Å²) in [5.74, 6) is 0.349. The lowest BCUT2D eigenvalue weighted by molar-refractivity contribution is -0.116. The second-order valence-corrected chi connectivity index (χ2v) is 6.27. The van der Waals surface area contributed by atoms with Crippen molar-refractivity contribution in [2.45, 2.75) is 18.9 Å². The molecule has 2 aliphatic rings. The summed E-state index contributed by atoms with van der Waals surface area (Å²) in [6.45, 7) is 0.596. The second kappa shape index (κ2) is 6.63. The second-order valence-electron chi connectivity index (χ2n) is 6.27. The van der Waals surface area contributed by atoms with Crippen LogP contribution in [0.3, 0.4) is 0 Å². The van der Waals surface area contributed by atoms with E-state index in [9.17, 15) is 14.0 Å². The summed E-state index contributed by atoms with van der Waals surface area (Å²) < 4.78 is 18.7. The topological polar surface area (TPSA) is 58.6 Å². The summed E-state index contributed by atoms with van der Waals surface area (Å²) in [5.41, 5.74) is 2.38. The van der Waals surface area contributed by atoms with Gasteiger partial charge in [0.1, 0.15) is 11.6 Å². The van der Waals surface area contributed by atoms with Gasteiger partial charge in [0.25, 0.3) is 0 Å². The Balaban J connectivity index is 1.61. The number of benzene rings is 2. The lowest BCUT2D eigenvalue weighted by Gasteiger charge is -2.31. The first-order chi connectivity index (χ1) is 12.6. The molecule has 0 aromatic heterocycles. The zero-order valence-corrected chi connectivity index (χ0v) is 13.9. The van der Waals surface area contributed by atoms with Crippen molar-refractivity contribution in [2.24, 2.45) is 0 Å². The van der Waals surface area contributed by atoms with Crippen LogP contribution in [0.25, 0.3) is 0 Å². The van der Waals surface area contributed by atoms with Crippen LogP contribution in [0.4, 0.5) is 14.9 Å². The van der Waals surface area contributed by atoms with Crippen molar-refractivity contribution < 1.29 is 18.7 Å². The molecule has 26 heavy (non-hydrogen) atoms. The van der Waals surface area contributed by atoms with Crippen molar-refractivity contribution in [2.75, 3.05) is 11.9 Å². The molecule has 132 valence electrons. The molecule has 0 unspecified atom stereocenters. The molecule has 0 saturated heterocycles. The third-order valence-electron chi connectivity index (χ3n) is 4.62. The maximum Gasteiger partial charge on any atom is 0.326 e. The quantitative estimate of drug-likeness (QED) is 0.894. The first kappa shape index (κ1) is 16.3. The van der Waals surface area contributed by atoms with Crippen LogP contribution in [0.5, 0.6) is 5.75 Å². The fourth-order valence-electron chi connectivity index (χ4n) is 3.32. The molecule has 2 amide bonds. The first-order valence-corrected chi connectivity index (χ1v) is 8.42. The number of hydrogen-bond donors (Lipinski definition) is 1. The SMILES string of the molecule is O=C1C=CN(C(=O)Nc2cccc3c2CCO3)[C@H](c2ccc(F)cc2)C1. The maximum absolute atomic E-state index is 13.2. The molecule has 2 aromatic rings. The molecule has 0 saturated carbocycles. The molecule has 1 atom stereocenters. The maximum atomic E-state index is 13.2. The number of halogens is 1. The molecular weight excluding hydrogens is 335 g/mol. The van der Waals surface area contributed by atoms with Gasteiger partial charge in [-0.15, -0.1) is 0 Å². The average Bonchev–Trinajstić information content (AvgIpc) is 3.12. The fourth-order valence-corrected chi connectivity index (χ4v) is 3.32. The van der Waals surface area contributed by atoms with Crippen LogP contribution < -0.4 is 10.1 Å². The van der Waals surface area contributed by atoms with E-state index < -0.39 is 6.04 Å². The molecule has 1 N–H and O–H groups in total. The monoisotopic (exact) mass is 352 g/mol. The molecule has 0 spiro atoms. The highest BCUT2D eigenvalue weighted by Crippen LogP contribution is 2.33. The third kappa shape index (κ3) is 3.06. The molecule has 0 aliphatic carbocycles. The minimum Gasteiger partial charge on any atom is -0.493 e. The number of ether oxygens (including phenoxy) is 1. The number of urea groups is 1. The number of allylic oxidation sites excluding steroid dienone is 1. The highest BCUT2D eigenvalue weighted by Gasteiger charge is 2.29. The van der Waals surface area contributed by atoms with Crippen LogP contribution in [0.2, 0.25) is 0 Å². The summed E-state index contributed by atoms with van der Waals surface area (Å²) in [5, 5.41) is 2.91. The molecule has 0 radical (unpaired) electrons. The Hall–Kier alpha value is -3.15. The van der Waals surface area contributed by atoms with E-state index in [1.807, 2.05) is 18.2 Å². The van der Waals surface area contributed by atoms with Gasteiger partial charge in [-0.05, 0) is 35.9 Å². The molecule has 5 nitrogen and oxygen atoms in total. The minimum atomic E-state index is -0.471. The van der Waals surface area contributed by atoms with Gasteiger partial charge in [0.05, 0.1) is 12.6 Å². The van der Waals surface area contributed by atoms with Gasteiger partial charge >= 0.3 is 6.03 Å². The van der Waals surface area contributed by atoms with Crippen molar-refractivity contribution in [3.8, 4) is 5.75 Å². The van der Waals surface area contributed by atoms with E-state index >= 15 is 0 Å².